The Morgan fingerprint density at radius 2 is 2.47 bits per heavy atom. The van der Waals surface area contributed by atoms with Crippen molar-refractivity contribution in [1.29, 1.82) is 0 Å². The number of aromatic nitrogens is 1. The molecule has 1 saturated heterocycles. The van der Waals surface area contributed by atoms with Gasteiger partial charge in [-0.05, 0) is 31.9 Å². The standard InChI is InChI=1S/C13H20N4O2/c1-2-9-16(10-11-5-3-7-14-11)13-12(17(18)19)6-4-8-15-13/h4,6,8,11,14H,2-3,5,7,9-10H2,1H3. The van der Waals surface area contributed by atoms with Crippen molar-refractivity contribution in [3.63, 3.8) is 0 Å². The molecule has 6 nitrogen and oxygen atoms in total. The number of nitro groups is 1. The van der Waals surface area contributed by atoms with Gasteiger partial charge in [-0.1, -0.05) is 6.92 Å². The topological polar surface area (TPSA) is 71.3 Å². The van der Waals surface area contributed by atoms with Gasteiger partial charge >= 0.3 is 5.69 Å². The Morgan fingerprint density at radius 1 is 1.63 bits per heavy atom. The molecule has 1 atom stereocenters. The maximum Gasteiger partial charge on any atom is 0.311 e. The van der Waals surface area contributed by atoms with Crippen molar-refractivity contribution < 1.29 is 4.92 Å². The zero-order valence-electron chi connectivity index (χ0n) is 11.2. The number of rotatable bonds is 6. The van der Waals surface area contributed by atoms with Crippen LogP contribution < -0.4 is 10.2 Å². The molecular formula is C13H20N4O2. The molecule has 0 saturated carbocycles. The van der Waals surface area contributed by atoms with Crippen molar-refractivity contribution in [2.45, 2.75) is 32.2 Å². The molecule has 1 N–H and O–H groups in total. The summed E-state index contributed by atoms with van der Waals surface area (Å²) in [6.45, 7) is 4.68. The lowest BCUT2D eigenvalue weighted by Gasteiger charge is -2.26. The van der Waals surface area contributed by atoms with Crippen molar-refractivity contribution in [2.24, 2.45) is 0 Å². The molecule has 1 aliphatic rings. The van der Waals surface area contributed by atoms with E-state index in [4.69, 9.17) is 0 Å². The number of hydrogen-bond donors (Lipinski definition) is 1. The molecule has 0 aromatic carbocycles. The number of anilines is 1. The first-order chi connectivity index (χ1) is 9.22. The van der Waals surface area contributed by atoms with E-state index in [1.54, 1.807) is 12.3 Å². The molecule has 0 amide bonds. The highest BCUT2D eigenvalue weighted by molar-refractivity contribution is 5.57. The molecule has 0 radical (unpaired) electrons. The summed E-state index contributed by atoms with van der Waals surface area (Å²) in [5, 5.41) is 14.5. The molecular weight excluding hydrogens is 244 g/mol. The fourth-order valence-corrected chi connectivity index (χ4v) is 2.51. The van der Waals surface area contributed by atoms with Gasteiger partial charge in [0.1, 0.15) is 0 Å². The smallest absolute Gasteiger partial charge is 0.311 e. The summed E-state index contributed by atoms with van der Waals surface area (Å²) in [5.41, 5.74) is 0.0916. The normalized spacial score (nSPS) is 18.5. The van der Waals surface area contributed by atoms with Crippen molar-refractivity contribution >= 4 is 11.5 Å². The minimum absolute atomic E-state index is 0.0916. The molecule has 0 spiro atoms. The third-order valence-electron chi connectivity index (χ3n) is 3.36. The fourth-order valence-electron chi connectivity index (χ4n) is 2.51. The van der Waals surface area contributed by atoms with Crippen LogP contribution in [0.2, 0.25) is 0 Å². The SMILES string of the molecule is CCCN(CC1CCCN1)c1ncccc1[N+](=O)[O-]. The van der Waals surface area contributed by atoms with Crippen LogP contribution in [-0.2, 0) is 0 Å². The highest BCUT2D eigenvalue weighted by Crippen LogP contribution is 2.25. The summed E-state index contributed by atoms with van der Waals surface area (Å²) in [6, 6.07) is 3.54. The number of nitrogens with zero attached hydrogens (tertiary/aromatic N) is 3. The van der Waals surface area contributed by atoms with Crippen molar-refractivity contribution in [3.8, 4) is 0 Å². The van der Waals surface area contributed by atoms with Crippen LogP contribution in [0.15, 0.2) is 18.3 Å². The molecule has 1 aromatic rings. The molecule has 0 bridgehead atoms. The lowest BCUT2D eigenvalue weighted by Crippen LogP contribution is -2.38. The zero-order chi connectivity index (χ0) is 13.7. The summed E-state index contributed by atoms with van der Waals surface area (Å²) in [4.78, 5) is 17.0. The highest BCUT2D eigenvalue weighted by Gasteiger charge is 2.24. The summed E-state index contributed by atoms with van der Waals surface area (Å²) >= 11 is 0. The summed E-state index contributed by atoms with van der Waals surface area (Å²) in [6.07, 6.45) is 4.86. The Morgan fingerprint density at radius 3 is 3.11 bits per heavy atom. The molecule has 19 heavy (non-hydrogen) atoms. The fraction of sp³-hybridized carbons (Fsp3) is 0.615. The van der Waals surface area contributed by atoms with Crippen LogP contribution in [0, 0.1) is 10.1 Å². The van der Waals surface area contributed by atoms with Crippen molar-refractivity contribution in [3.05, 3.63) is 28.4 Å². The summed E-state index contributed by atoms with van der Waals surface area (Å²) < 4.78 is 0. The Labute approximate surface area is 113 Å². The lowest BCUT2D eigenvalue weighted by molar-refractivity contribution is -0.384. The van der Waals surface area contributed by atoms with Gasteiger partial charge < -0.3 is 10.2 Å². The quantitative estimate of drug-likeness (QED) is 0.628. The van der Waals surface area contributed by atoms with Gasteiger partial charge in [0.2, 0.25) is 5.82 Å². The molecule has 1 aliphatic heterocycles. The van der Waals surface area contributed by atoms with Gasteiger partial charge in [0.05, 0.1) is 4.92 Å². The van der Waals surface area contributed by atoms with E-state index in [1.807, 2.05) is 4.90 Å². The van der Waals surface area contributed by atoms with Crippen LogP contribution in [0.25, 0.3) is 0 Å². The van der Waals surface area contributed by atoms with Gasteiger partial charge in [-0.3, -0.25) is 10.1 Å². The zero-order valence-corrected chi connectivity index (χ0v) is 11.2. The van der Waals surface area contributed by atoms with E-state index >= 15 is 0 Å². The lowest BCUT2D eigenvalue weighted by atomic mass is 10.2. The first-order valence-corrected chi connectivity index (χ1v) is 6.80. The van der Waals surface area contributed by atoms with E-state index < -0.39 is 0 Å². The van der Waals surface area contributed by atoms with Gasteiger partial charge in [0, 0.05) is 31.4 Å². The first kappa shape index (κ1) is 13.7. The Bertz CT molecular complexity index is 432. The van der Waals surface area contributed by atoms with Crippen LogP contribution in [0.5, 0.6) is 0 Å². The third kappa shape index (κ3) is 3.41. The minimum Gasteiger partial charge on any atom is -0.349 e. The average molecular weight is 264 g/mol. The molecule has 2 rings (SSSR count). The molecule has 1 fully saturated rings. The number of nitrogens with one attached hydrogen (secondary N) is 1. The molecule has 1 aromatic heterocycles. The Balaban J connectivity index is 2.19. The second-order valence-corrected chi connectivity index (χ2v) is 4.84. The second kappa shape index (κ2) is 6.47. The van der Waals surface area contributed by atoms with Crippen molar-refractivity contribution in [2.75, 3.05) is 24.5 Å². The summed E-state index contributed by atoms with van der Waals surface area (Å²) in [5.74, 6) is 0.489. The summed E-state index contributed by atoms with van der Waals surface area (Å²) in [7, 11) is 0. The average Bonchev–Trinajstić information content (AvgIpc) is 2.91. The van der Waals surface area contributed by atoms with Gasteiger partial charge in [0.15, 0.2) is 0 Å². The van der Waals surface area contributed by atoms with Crippen LogP contribution >= 0.6 is 0 Å². The second-order valence-electron chi connectivity index (χ2n) is 4.84. The van der Waals surface area contributed by atoms with E-state index in [2.05, 4.69) is 17.2 Å². The Kier molecular flexibility index (Phi) is 4.68. The third-order valence-corrected chi connectivity index (χ3v) is 3.36. The Hall–Kier alpha value is -1.69. The number of hydrogen-bond acceptors (Lipinski definition) is 5. The van der Waals surface area contributed by atoms with Crippen molar-refractivity contribution in [1.82, 2.24) is 10.3 Å². The molecule has 2 heterocycles. The maximum absolute atomic E-state index is 11.1. The van der Waals surface area contributed by atoms with E-state index in [1.165, 1.54) is 12.5 Å². The van der Waals surface area contributed by atoms with Crippen LogP contribution in [-0.4, -0.2) is 35.6 Å². The van der Waals surface area contributed by atoms with Gasteiger partial charge in [-0.25, -0.2) is 4.98 Å². The first-order valence-electron chi connectivity index (χ1n) is 6.80. The van der Waals surface area contributed by atoms with Crippen LogP contribution in [0.3, 0.4) is 0 Å². The highest BCUT2D eigenvalue weighted by atomic mass is 16.6. The predicted octanol–water partition coefficient (Wildman–Crippen LogP) is 1.96. The molecule has 0 aliphatic carbocycles. The number of pyridine rings is 1. The predicted molar refractivity (Wildman–Crippen MR) is 74.4 cm³/mol. The van der Waals surface area contributed by atoms with Gasteiger partial charge in [-0.15, -0.1) is 0 Å². The van der Waals surface area contributed by atoms with Crippen LogP contribution in [0.1, 0.15) is 26.2 Å². The largest absolute Gasteiger partial charge is 0.349 e. The van der Waals surface area contributed by atoms with Crippen LogP contribution in [0.4, 0.5) is 11.5 Å². The molecule has 104 valence electrons. The minimum atomic E-state index is -0.354. The van der Waals surface area contributed by atoms with E-state index in [9.17, 15) is 10.1 Å². The van der Waals surface area contributed by atoms with E-state index in [0.29, 0.717) is 11.9 Å². The van der Waals surface area contributed by atoms with Gasteiger partial charge in [0.25, 0.3) is 0 Å². The van der Waals surface area contributed by atoms with E-state index in [-0.39, 0.29) is 10.6 Å². The molecule has 1 unspecified atom stereocenters. The maximum atomic E-state index is 11.1. The van der Waals surface area contributed by atoms with Gasteiger partial charge in [-0.2, -0.15) is 0 Å². The molecule has 6 heteroatoms. The van der Waals surface area contributed by atoms with E-state index in [0.717, 1.165) is 32.5 Å². The monoisotopic (exact) mass is 264 g/mol.